The van der Waals surface area contributed by atoms with Crippen LogP contribution < -0.4 is 4.74 Å². The molecule has 0 spiro atoms. The van der Waals surface area contributed by atoms with Gasteiger partial charge in [-0.25, -0.2) is 9.59 Å². The van der Waals surface area contributed by atoms with E-state index in [0.717, 1.165) is 19.3 Å². The Kier molecular flexibility index (Phi) is 8.62. The van der Waals surface area contributed by atoms with Gasteiger partial charge in [-0.1, -0.05) is 61.9 Å². The van der Waals surface area contributed by atoms with E-state index < -0.39 is 11.9 Å². The van der Waals surface area contributed by atoms with Crippen molar-refractivity contribution in [2.75, 3.05) is 6.61 Å². The summed E-state index contributed by atoms with van der Waals surface area (Å²) >= 11 is 11.9. The molecule has 0 aliphatic rings. The minimum absolute atomic E-state index is 0.161. The van der Waals surface area contributed by atoms with Gasteiger partial charge >= 0.3 is 11.9 Å². The first-order valence-corrected chi connectivity index (χ1v) is 9.71. The number of halogens is 2. The van der Waals surface area contributed by atoms with E-state index in [1.165, 1.54) is 25.0 Å². The molecule has 0 amide bonds. The van der Waals surface area contributed by atoms with E-state index in [1.807, 2.05) is 0 Å². The Balaban J connectivity index is 1.94. The lowest BCUT2D eigenvalue weighted by molar-refractivity contribution is 0.0497. The van der Waals surface area contributed by atoms with Gasteiger partial charge < -0.3 is 9.47 Å². The highest BCUT2D eigenvalue weighted by molar-refractivity contribution is 6.34. The largest absolute Gasteiger partial charge is 0.462 e. The number of carbonyl (C=O) groups is 2. The van der Waals surface area contributed by atoms with Crippen LogP contribution in [0.1, 0.15) is 59.7 Å². The second-order valence-electron chi connectivity index (χ2n) is 6.10. The predicted octanol–water partition coefficient (Wildman–Crippen LogP) is 6.34. The zero-order valence-electron chi connectivity index (χ0n) is 15.2. The van der Waals surface area contributed by atoms with Crippen molar-refractivity contribution in [1.82, 2.24) is 0 Å². The second kappa shape index (κ2) is 11.0. The molecule has 6 heteroatoms. The smallest absolute Gasteiger partial charge is 0.343 e. The van der Waals surface area contributed by atoms with Crippen molar-refractivity contribution < 1.29 is 19.1 Å². The van der Waals surface area contributed by atoms with Crippen LogP contribution in [0.3, 0.4) is 0 Å². The van der Waals surface area contributed by atoms with Gasteiger partial charge in [-0.2, -0.15) is 0 Å². The Bertz CT molecular complexity index is 790. The quantitative estimate of drug-likeness (QED) is 0.276. The Labute approximate surface area is 169 Å². The second-order valence-corrected chi connectivity index (χ2v) is 6.94. The Morgan fingerprint density at radius 1 is 0.889 bits per heavy atom. The molecule has 0 saturated heterocycles. The lowest BCUT2D eigenvalue weighted by atomic mass is 10.1. The molecule has 0 heterocycles. The number of ether oxygens (including phenoxy) is 2. The highest BCUT2D eigenvalue weighted by Crippen LogP contribution is 2.28. The van der Waals surface area contributed by atoms with Crippen LogP contribution in [-0.4, -0.2) is 18.5 Å². The zero-order valence-corrected chi connectivity index (χ0v) is 16.7. The van der Waals surface area contributed by atoms with Crippen molar-refractivity contribution in [2.24, 2.45) is 0 Å². The molecule has 2 aromatic carbocycles. The minimum Gasteiger partial charge on any atom is -0.462 e. The predicted molar refractivity (Wildman–Crippen MR) is 107 cm³/mol. The molecule has 27 heavy (non-hydrogen) atoms. The molecule has 0 aromatic heterocycles. The highest BCUT2D eigenvalue weighted by Gasteiger charge is 2.15. The summed E-state index contributed by atoms with van der Waals surface area (Å²) in [7, 11) is 0. The summed E-state index contributed by atoms with van der Waals surface area (Å²) in [6.45, 7) is 2.52. The van der Waals surface area contributed by atoms with Gasteiger partial charge in [0.1, 0.15) is 0 Å². The number of unbranched alkanes of at least 4 members (excludes halogenated alkanes) is 4. The van der Waals surface area contributed by atoms with E-state index in [1.54, 1.807) is 30.3 Å². The summed E-state index contributed by atoms with van der Waals surface area (Å²) in [6.07, 6.45) is 5.37. The van der Waals surface area contributed by atoms with Crippen LogP contribution in [0.2, 0.25) is 10.0 Å². The number of hydrogen-bond donors (Lipinski definition) is 0. The third kappa shape index (κ3) is 6.89. The van der Waals surface area contributed by atoms with Crippen LogP contribution in [0, 0.1) is 0 Å². The normalized spacial score (nSPS) is 10.5. The van der Waals surface area contributed by atoms with E-state index in [9.17, 15) is 9.59 Å². The third-order valence-corrected chi connectivity index (χ3v) is 4.46. The van der Waals surface area contributed by atoms with Crippen LogP contribution in [-0.2, 0) is 4.74 Å². The van der Waals surface area contributed by atoms with Crippen molar-refractivity contribution in [3.05, 3.63) is 63.6 Å². The number of benzene rings is 2. The topological polar surface area (TPSA) is 52.6 Å². The van der Waals surface area contributed by atoms with Crippen LogP contribution in [0.5, 0.6) is 5.75 Å². The molecule has 2 rings (SSSR count). The number of hydrogen-bond acceptors (Lipinski definition) is 4. The summed E-state index contributed by atoms with van der Waals surface area (Å²) < 4.78 is 10.5. The molecule has 144 valence electrons. The molecule has 0 fully saturated rings. The molecule has 0 aliphatic carbocycles. The molecular weight excluding hydrogens is 387 g/mol. The van der Waals surface area contributed by atoms with E-state index in [2.05, 4.69) is 6.92 Å². The highest BCUT2D eigenvalue weighted by atomic mass is 35.5. The maximum Gasteiger partial charge on any atom is 0.343 e. The maximum atomic E-state index is 12.3. The molecule has 0 atom stereocenters. The average Bonchev–Trinajstić information content (AvgIpc) is 2.67. The summed E-state index contributed by atoms with van der Waals surface area (Å²) in [5.74, 6) is -0.927. The molecule has 0 saturated carbocycles. The van der Waals surface area contributed by atoms with Gasteiger partial charge in [0.05, 0.1) is 22.8 Å². The number of carbonyl (C=O) groups excluding carboxylic acids is 2. The van der Waals surface area contributed by atoms with Crippen LogP contribution >= 0.6 is 23.2 Å². The van der Waals surface area contributed by atoms with Gasteiger partial charge in [0.15, 0.2) is 5.75 Å². The van der Waals surface area contributed by atoms with Gasteiger partial charge in [0, 0.05) is 11.1 Å². The Hall–Kier alpha value is -2.04. The van der Waals surface area contributed by atoms with Crippen LogP contribution in [0.15, 0.2) is 42.5 Å². The van der Waals surface area contributed by atoms with Gasteiger partial charge in [-0.3, -0.25) is 0 Å². The maximum absolute atomic E-state index is 12.3. The van der Waals surface area contributed by atoms with E-state index >= 15 is 0 Å². The molecule has 0 unspecified atom stereocenters. The first-order valence-electron chi connectivity index (χ1n) is 8.95. The average molecular weight is 409 g/mol. The van der Waals surface area contributed by atoms with Gasteiger partial charge in [0.25, 0.3) is 0 Å². The van der Waals surface area contributed by atoms with Crippen molar-refractivity contribution in [3.8, 4) is 5.75 Å². The van der Waals surface area contributed by atoms with Crippen molar-refractivity contribution in [3.63, 3.8) is 0 Å². The first-order chi connectivity index (χ1) is 13.0. The number of rotatable bonds is 9. The fraction of sp³-hybridized carbons (Fsp3) is 0.333. The van der Waals surface area contributed by atoms with E-state index in [4.69, 9.17) is 32.7 Å². The summed E-state index contributed by atoms with van der Waals surface area (Å²) in [5.41, 5.74) is 0.527. The third-order valence-electron chi connectivity index (χ3n) is 3.91. The molecule has 0 N–H and O–H groups in total. The van der Waals surface area contributed by atoms with Gasteiger partial charge in [-0.05, 0) is 36.8 Å². The fourth-order valence-electron chi connectivity index (χ4n) is 2.44. The molecule has 4 nitrogen and oxygen atoms in total. The number of esters is 2. The Morgan fingerprint density at radius 3 is 2.33 bits per heavy atom. The molecular formula is C21H22Cl2O4. The van der Waals surface area contributed by atoms with Crippen molar-refractivity contribution in [1.29, 1.82) is 0 Å². The Morgan fingerprint density at radius 2 is 1.59 bits per heavy atom. The summed E-state index contributed by atoms with van der Waals surface area (Å²) in [6, 6.07) is 10.8. The minimum atomic E-state index is -0.631. The van der Waals surface area contributed by atoms with Gasteiger partial charge in [0.2, 0.25) is 0 Å². The van der Waals surface area contributed by atoms with E-state index in [0.29, 0.717) is 17.2 Å². The first kappa shape index (κ1) is 21.3. The van der Waals surface area contributed by atoms with Crippen molar-refractivity contribution in [2.45, 2.75) is 39.0 Å². The molecule has 2 aromatic rings. The monoisotopic (exact) mass is 408 g/mol. The van der Waals surface area contributed by atoms with Gasteiger partial charge in [-0.15, -0.1) is 0 Å². The standard InChI is InChI=1S/C21H22Cl2O4/c1-2-3-4-5-6-12-26-20(24)15-8-7-9-16(13-15)21(25)27-19-14-17(22)10-11-18(19)23/h7-11,13-14H,2-6,12H2,1H3. The van der Waals surface area contributed by atoms with Crippen molar-refractivity contribution >= 4 is 35.1 Å². The SMILES string of the molecule is CCCCCCCOC(=O)c1cccc(C(=O)Oc2cc(Cl)ccc2Cl)c1. The molecule has 0 aliphatic heterocycles. The molecule has 0 bridgehead atoms. The summed E-state index contributed by atoms with van der Waals surface area (Å²) in [4.78, 5) is 24.5. The summed E-state index contributed by atoms with van der Waals surface area (Å²) in [5, 5.41) is 0.671. The fourth-order valence-corrected chi connectivity index (χ4v) is 2.76. The zero-order chi connectivity index (χ0) is 19.6. The van der Waals surface area contributed by atoms with E-state index in [-0.39, 0.29) is 16.3 Å². The lowest BCUT2D eigenvalue weighted by Gasteiger charge is -2.08. The molecule has 0 radical (unpaired) electrons. The van der Waals surface area contributed by atoms with Crippen LogP contribution in [0.4, 0.5) is 0 Å². The lowest BCUT2D eigenvalue weighted by Crippen LogP contribution is -2.11. The van der Waals surface area contributed by atoms with Crippen LogP contribution in [0.25, 0.3) is 0 Å².